The monoisotopic (exact) mass is 244 g/mol. The van der Waals surface area contributed by atoms with E-state index in [2.05, 4.69) is 0 Å². The number of allylic oxidation sites excluding steroid dienone is 1. The molecule has 1 unspecified atom stereocenters. The van der Waals surface area contributed by atoms with Crippen LogP contribution in [0.4, 0.5) is 22.0 Å². The third-order valence-corrected chi connectivity index (χ3v) is 2.82. The van der Waals surface area contributed by atoms with E-state index in [4.69, 9.17) is 5.11 Å². The van der Waals surface area contributed by atoms with Crippen molar-refractivity contribution >= 4 is 0 Å². The highest BCUT2D eigenvalue weighted by Crippen LogP contribution is 2.43. The van der Waals surface area contributed by atoms with Crippen molar-refractivity contribution in [2.45, 2.75) is 31.9 Å². The van der Waals surface area contributed by atoms with E-state index >= 15 is 0 Å². The summed E-state index contributed by atoms with van der Waals surface area (Å²) in [5, 5.41) is 8.78. The van der Waals surface area contributed by atoms with Crippen LogP contribution >= 0.6 is 0 Å². The third kappa shape index (κ3) is 3.17. The molecule has 16 heavy (non-hydrogen) atoms. The fourth-order valence-corrected chi connectivity index (χ4v) is 1.86. The molecule has 0 heterocycles. The van der Waals surface area contributed by atoms with Gasteiger partial charge in [0.1, 0.15) is 0 Å². The summed E-state index contributed by atoms with van der Waals surface area (Å²) in [6, 6.07) is 0. The Morgan fingerprint density at radius 1 is 1.31 bits per heavy atom. The minimum atomic E-state index is -4.52. The lowest BCUT2D eigenvalue weighted by molar-refractivity contribution is -0.174. The van der Waals surface area contributed by atoms with Gasteiger partial charge in [-0.2, -0.15) is 13.2 Å². The molecule has 0 aromatic rings. The van der Waals surface area contributed by atoms with Crippen LogP contribution in [0.3, 0.4) is 0 Å². The van der Waals surface area contributed by atoms with Crippen molar-refractivity contribution in [2.75, 3.05) is 6.61 Å². The van der Waals surface area contributed by atoms with Gasteiger partial charge < -0.3 is 5.11 Å². The SMILES string of the molecule is CC(F)(F)C1CC(CO)=C[C@H](C(F)(F)F)C1. The van der Waals surface area contributed by atoms with Crippen molar-refractivity contribution in [2.24, 2.45) is 11.8 Å². The first-order valence-corrected chi connectivity index (χ1v) is 4.89. The zero-order valence-corrected chi connectivity index (χ0v) is 8.69. The van der Waals surface area contributed by atoms with E-state index in [1.807, 2.05) is 0 Å². The molecule has 6 heteroatoms. The van der Waals surface area contributed by atoms with Crippen molar-refractivity contribution in [1.29, 1.82) is 0 Å². The van der Waals surface area contributed by atoms with Crippen molar-refractivity contribution in [3.63, 3.8) is 0 Å². The lowest BCUT2D eigenvalue weighted by Gasteiger charge is -2.32. The highest BCUT2D eigenvalue weighted by Gasteiger charge is 2.46. The number of hydrogen-bond acceptors (Lipinski definition) is 1. The van der Waals surface area contributed by atoms with Crippen molar-refractivity contribution in [3.05, 3.63) is 11.6 Å². The van der Waals surface area contributed by atoms with Gasteiger partial charge in [0.2, 0.25) is 5.92 Å². The van der Waals surface area contributed by atoms with Gasteiger partial charge >= 0.3 is 6.18 Å². The highest BCUT2D eigenvalue weighted by molar-refractivity contribution is 5.12. The molecular formula is C10H13F5O. The summed E-state index contributed by atoms with van der Waals surface area (Å²) in [4.78, 5) is 0. The van der Waals surface area contributed by atoms with Gasteiger partial charge in [-0.1, -0.05) is 6.08 Å². The van der Waals surface area contributed by atoms with E-state index in [0.29, 0.717) is 6.92 Å². The zero-order chi connectivity index (χ0) is 12.6. The lowest BCUT2D eigenvalue weighted by Crippen LogP contribution is -2.35. The molecule has 2 atom stereocenters. The van der Waals surface area contributed by atoms with E-state index in [0.717, 1.165) is 6.08 Å². The van der Waals surface area contributed by atoms with Crippen LogP contribution in [0.1, 0.15) is 19.8 Å². The maximum Gasteiger partial charge on any atom is 0.395 e. The summed E-state index contributed by atoms with van der Waals surface area (Å²) >= 11 is 0. The molecule has 0 spiro atoms. The second-order valence-corrected chi connectivity index (χ2v) is 4.22. The Balaban J connectivity index is 2.90. The Morgan fingerprint density at radius 3 is 2.25 bits per heavy atom. The number of hydrogen-bond donors (Lipinski definition) is 1. The Bertz CT molecular complexity index is 276. The van der Waals surface area contributed by atoms with E-state index < -0.39 is 37.0 Å². The Kier molecular flexibility index (Phi) is 3.62. The number of aliphatic hydroxyl groups excluding tert-OH is 1. The van der Waals surface area contributed by atoms with Crippen molar-refractivity contribution < 1.29 is 27.1 Å². The van der Waals surface area contributed by atoms with Gasteiger partial charge in [0, 0.05) is 5.92 Å². The number of alkyl halides is 5. The summed E-state index contributed by atoms with van der Waals surface area (Å²) in [6.45, 7) is 0.0184. The Labute approximate surface area is 90.0 Å². The molecule has 0 saturated heterocycles. The predicted octanol–water partition coefficient (Wildman–Crippen LogP) is 3.15. The van der Waals surface area contributed by atoms with E-state index in [1.54, 1.807) is 0 Å². The van der Waals surface area contributed by atoms with Crippen LogP contribution in [0.2, 0.25) is 0 Å². The summed E-state index contributed by atoms with van der Waals surface area (Å²) in [7, 11) is 0. The molecule has 1 nitrogen and oxygen atoms in total. The van der Waals surface area contributed by atoms with Gasteiger partial charge in [0.25, 0.3) is 0 Å². The minimum absolute atomic E-state index is 0.0418. The highest BCUT2D eigenvalue weighted by atomic mass is 19.4. The summed E-state index contributed by atoms with van der Waals surface area (Å²) < 4.78 is 63.3. The second kappa shape index (κ2) is 4.31. The summed E-state index contributed by atoms with van der Waals surface area (Å²) in [6.07, 6.45) is -4.45. The third-order valence-electron chi connectivity index (χ3n) is 2.82. The normalized spacial score (nSPS) is 27.8. The Morgan fingerprint density at radius 2 is 1.88 bits per heavy atom. The number of halogens is 5. The average molecular weight is 244 g/mol. The molecule has 1 aliphatic carbocycles. The van der Waals surface area contributed by atoms with E-state index in [9.17, 15) is 22.0 Å². The van der Waals surface area contributed by atoms with E-state index in [-0.39, 0.29) is 12.0 Å². The van der Waals surface area contributed by atoms with Gasteiger partial charge in [-0.3, -0.25) is 0 Å². The van der Waals surface area contributed by atoms with Crippen LogP contribution in [0.15, 0.2) is 11.6 Å². The molecule has 0 radical (unpaired) electrons. The summed E-state index contributed by atoms with van der Waals surface area (Å²) in [5.74, 6) is -6.39. The largest absolute Gasteiger partial charge is 0.395 e. The first-order valence-electron chi connectivity index (χ1n) is 4.89. The van der Waals surface area contributed by atoms with Crippen LogP contribution in [-0.4, -0.2) is 23.8 Å². The van der Waals surface area contributed by atoms with Crippen molar-refractivity contribution in [1.82, 2.24) is 0 Å². The molecule has 1 aliphatic rings. The topological polar surface area (TPSA) is 20.2 Å². The van der Waals surface area contributed by atoms with Crippen molar-refractivity contribution in [3.8, 4) is 0 Å². The van der Waals surface area contributed by atoms with Gasteiger partial charge in [-0.15, -0.1) is 0 Å². The molecular weight excluding hydrogens is 231 g/mol. The molecule has 0 fully saturated rings. The number of aliphatic hydroxyl groups is 1. The number of rotatable bonds is 2. The molecule has 0 amide bonds. The van der Waals surface area contributed by atoms with Gasteiger partial charge in [-0.25, -0.2) is 8.78 Å². The van der Waals surface area contributed by atoms with Crippen LogP contribution in [0.25, 0.3) is 0 Å². The first-order chi connectivity index (χ1) is 7.14. The predicted molar refractivity (Wildman–Crippen MR) is 48.1 cm³/mol. The lowest BCUT2D eigenvalue weighted by atomic mass is 9.79. The molecule has 0 saturated carbocycles. The Hall–Kier alpha value is -0.650. The molecule has 0 bridgehead atoms. The smallest absolute Gasteiger partial charge is 0.392 e. The molecule has 0 aromatic heterocycles. The van der Waals surface area contributed by atoms with Crippen LogP contribution in [0, 0.1) is 11.8 Å². The van der Waals surface area contributed by atoms with Gasteiger partial charge in [0.05, 0.1) is 12.5 Å². The quantitative estimate of drug-likeness (QED) is 0.584. The summed E-state index contributed by atoms with van der Waals surface area (Å²) in [5.41, 5.74) is 0.0418. The standard InChI is InChI=1S/C10H13F5O/c1-9(11,12)7-2-6(5-16)3-8(4-7)10(13,14)15/h3,7-8,16H,2,4-5H2,1H3/t7?,8-/m0/s1. The fraction of sp³-hybridized carbons (Fsp3) is 0.800. The van der Waals surface area contributed by atoms with Gasteiger partial charge in [-0.05, 0) is 25.3 Å². The van der Waals surface area contributed by atoms with Crippen LogP contribution in [0.5, 0.6) is 0 Å². The second-order valence-electron chi connectivity index (χ2n) is 4.22. The molecule has 94 valence electrons. The zero-order valence-electron chi connectivity index (χ0n) is 8.69. The van der Waals surface area contributed by atoms with E-state index in [1.165, 1.54) is 0 Å². The molecule has 0 aromatic carbocycles. The maximum atomic E-state index is 13.0. The molecule has 1 rings (SSSR count). The fourth-order valence-electron chi connectivity index (χ4n) is 1.86. The van der Waals surface area contributed by atoms with Gasteiger partial charge in [0.15, 0.2) is 0 Å². The van der Waals surface area contributed by atoms with Crippen LogP contribution < -0.4 is 0 Å². The molecule has 0 aliphatic heterocycles. The average Bonchev–Trinajstić information content (AvgIpc) is 2.14. The maximum absolute atomic E-state index is 13.0. The first kappa shape index (κ1) is 13.4. The van der Waals surface area contributed by atoms with Crippen LogP contribution in [-0.2, 0) is 0 Å². The minimum Gasteiger partial charge on any atom is -0.392 e. The molecule has 1 N–H and O–H groups in total.